The number of benzene rings is 1. The molecule has 23 heavy (non-hydrogen) atoms. The molecule has 0 saturated heterocycles. The van der Waals surface area contributed by atoms with Crippen molar-refractivity contribution in [3.05, 3.63) is 59.9 Å². The molecular weight excluding hydrogens is 286 g/mol. The van der Waals surface area contributed by atoms with Gasteiger partial charge in [-0.25, -0.2) is 4.79 Å². The maximum absolute atomic E-state index is 12.3. The molecule has 1 aromatic carbocycles. The van der Waals surface area contributed by atoms with Crippen LogP contribution in [0.2, 0.25) is 0 Å². The SMILES string of the molecule is CCn1ccc(CN(C)C(=O)N[C@@H](C)CCc2ccccc2)c1. The minimum atomic E-state index is -0.0187. The summed E-state index contributed by atoms with van der Waals surface area (Å²) < 4.78 is 2.11. The first-order valence-electron chi connectivity index (χ1n) is 8.28. The van der Waals surface area contributed by atoms with Crippen LogP contribution in [0.25, 0.3) is 0 Å². The lowest BCUT2D eigenvalue weighted by Gasteiger charge is -2.21. The van der Waals surface area contributed by atoms with Crippen LogP contribution in [0.1, 0.15) is 31.4 Å². The molecule has 0 radical (unpaired) electrons. The lowest BCUT2D eigenvalue weighted by atomic mass is 10.1. The molecule has 1 aromatic heterocycles. The molecule has 0 aliphatic carbocycles. The topological polar surface area (TPSA) is 37.3 Å². The van der Waals surface area contributed by atoms with E-state index in [4.69, 9.17) is 0 Å². The van der Waals surface area contributed by atoms with E-state index >= 15 is 0 Å². The van der Waals surface area contributed by atoms with Crippen molar-refractivity contribution in [1.29, 1.82) is 0 Å². The molecule has 2 aromatic rings. The molecule has 4 nitrogen and oxygen atoms in total. The van der Waals surface area contributed by atoms with Crippen molar-refractivity contribution in [3.63, 3.8) is 0 Å². The molecule has 0 bridgehead atoms. The van der Waals surface area contributed by atoms with Gasteiger partial charge in [-0.05, 0) is 43.9 Å². The van der Waals surface area contributed by atoms with Crippen LogP contribution in [0.5, 0.6) is 0 Å². The normalized spacial score (nSPS) is 12.0. The van der Waals surface area contributed by atoms with Crippen LogP contribution in [-0.2, 0) is 19.5 Å². The zero-order chi connectivity index (χ0) is 16.7. The van der Waals surface area contributed by atoms with Gasteiger partial charge in [-0.2, -0.15) is 0 Å². The number of hydrogen-bond acceptors (Lipinski definition) is 1. The van der Waals surface area contributed by atoms with Crippen LogP contribution in [0.4, 0.5) is 4.79 Å². The monoisotopic (exact) mass is 313 g/mol. The summed E-state index contributed by atoms with van der Waals surface area (Å²) in [5, 5.41) is 3.07. The van der Waals surface area contributed by atoms with Crippen molar-refractivity contribution in [2.45, 2.75) is 45.8 Å². The second kappa shape index (κ2) is 8.42. The number of carbonyl (C=O) groups is 1. The van der Waals surface area contributed by atoms with Crippen LogP contribution in [0.15, 0.2) is 48.8 Å². The zero-order valence-corrected chi connectivity index (χ0v) is 14.3. The van der Waals surface area contributed by atoms with Crippen molar-refractivity contribution in [2.75, 3.05) is 7.05 Å². The fourth-order valence-electron chi connectivity index (χ4n) is 2.55. The highest BCUT2D eigenvalue weighted by Gasteiger charge is 2.12. The van der Waals surface area contributed by atoms with E-state index in [2.05, 4.69) is 60.3 Å². The van der Waals surface area contributed by atoms with Crippen LogP contribution >= 0.6 is 0 Å². The second-order valence-electron chi connectivity index (χ2n) is 6.08. The van der Waals surface area contributed by atoms with E-state index < -0.39 is 0 Å². The lowest BCUT2D eigenvalue weighted by Crippen LogP contribution is -2.41. The molecular formula is C19H27N3O. The number of hydrogen-bond donors (Lipinski definition) is 1. The maximum atomic E-state index is 12.3. The minimum Gasteiger partial charge on any atom is -0.354 e. The van der Waals surface area contributed by atoms with Gasteiger partial charge in [0.15, 0.2) is 0 Å². The van der Waals surface area contributed by atoms with Gasteiger partial charge in [-0.1, -0.05) is 30.3 Å². The average molecular weight is 313 g/mol. The average Bonchev–Trinajstić information content (AvgIpc) is 3.01. The molecule has 0 spiro atoms. The number of amides is 2. The molecule has 0 saturated carbocycles. The van der Waals surface area contributed by atoms with Crippen molar-refractivity contribution >= 4 is 6.03 Å². The summed E-state index contributed by atoms with van der Waals surface area (Å²) in [6.07, 6.45) is 6.05. The van der Waals surface area contributed by atoms with Crippen LogP contribution < -0.4 is 5.32 Å². The van der Waals surface area contributed by atoms with Crippen molar-refractivity contribution < 1.29 is 4.79 Å². The summed E-state index contributed by atoms with van der Waals surface area (Å²) in [6, 6.07) is 12.6. The number of aryl methyl sites for hydroxylation is 2. The number of aromatic nitrogens is 1. The van der Waals surface area contributed by atoms with Gasteiger partial charge in [0, 0.05) is 38.6 Å². The van der Waals surface area contributed by atoms with Gasteiger partial charge in [-0.3, -0.25) is 0 Å². The highest BCUT2D eigenvalue weighted by molar-refractivity contribution is 5.74. The summed E-state index contributed by atoms with van der Waals surface area (Å²) in [4.78, 5) is 14.0. The fourth-order valence-corrected chi connectivity index (χ4v) is 2.55. The van der Waals surface area contributed by atoms with Crippen LogP contribution in [0.3, 0.4) is 0 Å². The number of rotatable bonds is 7. The first-order valence-corrected chi connectivity index (χ1v) is 8.28. The van der Waals surface area contributed by atoms with E-state index in [9.17, 15) is 4.79 Å². The number of carbonyl (C=O) groups excluding carboxylic acids is 1. The molecule has 1 N–H and O–H groups in total. The van der Waals surface area contributed by atoms with Crippen molar-refractivity contribution in [2.24, 2.45) is 0 Å². The zero-order valence-electron chi connectivity index (χ0n) is 14.3. The van der Waals surface area contributed by atoms with Crippen LogP contribution in [-0.4, -0.2) is 28.6 Å². The van der Waals surface area contributed by atoms with E-state index in [0.29, 0.717) is 6.54 Å². The highest BCUT2D eigenvalue weighted by atomic mass is 16.2. The Hall–Kier alpha value is -2.23. The van der Waals surface area contributed by atoms with E-state index in [1.165, 1.54) is 5.56 Å². The summed E-state index contributed by atoms with van der Waals surface area (Å²) in [7, 11) is 1.84. The molecule has 2 amide bonds. The summed E-state index contributed by atoms with van der Waals surface area (Å²) in [5.74, 6) is 0. The van der Waals surface area contributed by atoms with Gasteiger partial charge in [0.05, 0.1) is 0 Å². The largest absolute Gasteiger partial charge is 0.354 e. The fraction of sp³-hybridized carbons (Fsp3) is 0.421. The Morgan fingerprint density at radius 2 is 1.96 bits per heavy atom. The molecule has 0 aliphatic rings. The smallest absolute Gasteiger partial charge is 0.317 e. The van der Waals surface area contributed by atoms with E-state index in [0.717, 1.165) is 24.9 Å². The lowest BCUT2D eigenvalue weighted by molar-refractivity contribution is 0.203. The van der Waals surface area contributed by atoms with Gasteiger partial charge < -0.3 is 14.8 Å². The molecule has 124 valence electrons. The molecule has 0 unspecified atom stereocenters. The van der Waals surface area contributed by atoms with E-state index in [1.54, 1.807) is 4.90 Å². The molecule has 0 aliphatic heterocycles. The summed E-state index contributed by atoms with van der Waals surface area (Å²) in [6.45, 7) is 5.74. The predicted molar refractivity (Wildman–Crippen MR) is 94.3 cm³/mol. The predicted octanol–water partition coefficient (Wildman–Crippen LogP) is 3.67. The molecule has 1 heterocycles. The van der Waals surface area contributed by atoms with Gasteiger partial charge in [0.25, 0.3) is 0 Å². The van der Waals surface area contributed by atoms with Gasteiger partial charge >= 0.3 is 6.03 Å². The van der Waals surface area contributed by atoms with Gasteiger partial charge in [0.1, 0.15) is 0 Å². The van der Waals surface area contributed by atoms with Gasteiger partial charge in [0.2, 0.25) is 0 Å². The molecule has 4 heteroatoms. The van der Waals surface area contributed by atoms with Crippen LogP contribution in [0, 0.1) is 0 Å². The van der Waals surface area contributed by atoms with E-state index in [-0.39, 0.29) is 12.1 Å². The summed E-state index contributed by atoms with van der Waals surface area (Å²) in [5.41, 5.74) is 2.46. The first kappa shape index (κ1) is 17.1. The van der Waals surface area contributed by atoms with Crippen molar-refractivity contribution in [1.82, 2.24) is 14.8 Å². The summed E-state index contributed by atoms with van der Waals surface area (Å²) >= 11 is 0. The van der Waals surface area contributed by atoms with Gasteiger partial charge in [-0.15, -0.1) is 0 Å². The third-order valence-electron chi connectivity index (χ3n) is 4.02. The Bertz CT molecular complexity index is 606. The Morgan fingerprint density at radius 1 is 1.22 bits per heavy atom. The molecule has 2 rings (SSSR count). The maximum Gasteiger partial charge on any atom is 0.317 e. The van der Waals surface area contributed by atoms with Crippen molar-refractivity contribution in [3.8, 4) is 0 Å². The third-order valence-corrected chi connectivity index (χ3v) is 4.02. The number of urea groups is 1. The highest BCUT2D eigenvalue weighted by Crippen LogP contribution is 2.07. The second-order valence-corrected chi connectivity index (χ2v) is 6.08. The standard InChI is InChI=1S/C19H27N3O/c1-4-22-13-12-18(15-22)14-21(3)19(23)20-16(2)10-11-17-8-6-5-7-9-17/h5-9,12-13,15-16H,4,10-11,14H2,1-3H3,(H,20,23)/t16-/m0/s1. The Kier molecular flexibility index (Phi) is 6.27. The Labute approximate surface area is 139 Å². The molecule has 1 atom stereocenters. The Balaban J connectivity index is 1.76. The number of nitrogens with zero attached hydrogens (tertiary/aromatic N) is 2. The third kappa shape index (κ3) is 5.47. The minimum absolute atomic E-state index is 0.0187. The first-order chi connectivity index (χ1) is 11.1. The van der Waals surface area contributed by atoms with E-state index in [1.807, 2.05) is 19.3 Å². The molecule has 0 fully saturated rings. The Morgan fingerprint density at radius 3 is 2.61 bits per heavy atom. The number of nitrogens with one attached hydrogen (secondary N) is 1. The quantitative estimate of drug-likeness (QED) is 0.832.